The molecule has 0 saturated carbocycles. The number of ether oxygens (including phenoxy) is 2. The molecule has 2 aliphatic heterocycles. The van der Waals surface area contributed by atoms with Crippen molar-refractivity contribution >= 4 is 0 Å². The van der Waals surface area contributed by atoms with Crippen molar-refractivity contribution in [2.75, 3.05) is 40.4 Å². The lowest BCUT2D eigenvalue weighted by molar-refractivity contribution is 0.105. The Bertz CT molecular complexity index is 461. The third-order valence-electron chi connectivity index (χ3n) is 4.61. The van der Waals surface area contributed by atoms with Crippen LogP contribution in [0.25, 0.3) is 0 Å². The van der Waals surface area contributed by atoms with Gasteiger partial charge in [-0.1, -0.05) is 5.16 Å². The zero-order valence-electron chi connectivity index (χ0n) is 13.5. The minimum Gasteiger partial charge on any atom is -0.380 e. The third-order valence-corrected chi connectivity index (χ3v) is 4.61. The van der Waals surface area contributed by atoms with Gasteiger partial charge in [-0.2, -0.15) is 4.98 Å². The normalized spacial score (nSPS) is 27.0. The largest absolute Gasteiger partial charge is 0.380 e. The highest BCUT2D eigenvalue weighted by Crippen LogP contribution is 2.24. The third kappa shape index (κ3) is 3.84. The summed E-state index contributed by atoms with van der Waals surface area (Å²) in [5.74, 6) is 1.27. The van der Waals surface area contributed by atoms with Crippen molar-refractivity contribution in [1.29, 1.82) is 0 Å². The Labute approximate surface area is 131 Å². The van der Waals surface area contributed by atoms with Crippen LogP contribution in [0.5, 0.6) is 0 Å². The Hall–Kier alpha value is -1.02. The van der Waals surface area contributed by atoms with E-state index in [1.54, 1.807) is 14.2 Å². The molecule has 0 aromatic carbocycles. The molecule has 0 spiro atoms. The molecule has 0 bridgehead atoms. The maximum atomic E-state index is 5.57. The van der Waals surface area contributed by atoms with Gasteiger partial charge >= 0.3 is 0 Å². The molecule has 7 nitrogen and oxygen atoms in total. The zero-order chi connectivity index (χ0) is 15.4. The minimum atomic E-state index is 0.300. The summed E-state index contributed by atoms with van der Waals surface area (Å²) in [7, 11) is 3.43. The fourth-order valence-electron chi connectivity index (χ4n) is 3.47. The van der Waals surface area contributed by atoms with Crippen LogP contribution in [0.1, 0.15) is 31.0 Å². The van der Waals surface area contributed by atoms with Crippen molar-refractivity contribution in [3.8, 4) is 0 Å². The standard InChI is InChI=1S/C15H26N4O3/c1-20-11-14-16-15(22-17-14)10-19-9-13(21-2)7-12(19)8-18-5-3-4-6-18/h12-13H,3-11H2,1-2H3/t12-,13-/m0/s1. The maximum Gasteiger partial charge on any atom is 0.240 e. The van der Waals surface area contributed by atoms with Gasteiger partial charge in [-0.05, 0) is 32.4 Å². The number of aromatic nitrogens is 2. The topological polar surface area (TPSA) is 63.9 Å². The summed E-state index contributed by atoms with van der Waals surface area (Å²) in [5.41, 5.74) is 0. The van der Waals surface area contributed by atoms with Gasteiger partial charge in [0.1, 0.15) is 6.61 Å². The van der Waals surface area contributed by atoms with Crippen molar-refractivity contribution in [3.63, 3.8) is 0 Å². The van der Waals surface area contributed by atoms with Gasteiger partial charge in [-0.3, -0.25) is 4.90 Å². The van der Waals surface area contributed by atoms with Crippen LogP contribution < -0.4 is 0 Å². The Morgan fingerprint density at radius 1 is 1.27 bits per heavy atom. The summed E-state index contributed by atoms with van der Waals surface area (Å²) < 4.78 is 15.9. The molecule has 2 fully saturated rings. The van der Waals surface area contributed by atoms with Crippen molar-refractivity contribution in [3.05, 3.63) is 11.7 Å². The molecule has 0 unspecified atom stereocenters. The van der Waals surface area contributed by atoms with Crippen LogP contribution in [0.15, 0.2) is 4.52 Å². The predicted molar refractivity (Wildman–Crippen MR) is 80.3 cm³/mol. The van der Waals surface area contributed by atoms with E-state index in [4.69, 9.17) is 14.0 Å². The highest BCUT2D eigenvalue weighted by molar-refractivity contribution is 4.92. The molecule has 2 aliphatic rings. The highest BCUT2D eigenvalue weighted by atomic mass is 16.5. The van der Waals surface area contributed by atoms with E-state index in [2.05, 4.69) is 19.9 Å². The molecule has 2 saturated heterocycles. The summed E-state index contributed by atoms with van der Waals surface area (Å²) in [4.78, 5) is 9.35. The lowest BCUT2D eigenvalue weighted by Gasteiger charge is -2.26. The Morgan fingerprint density at radius 3 is 2.82 bits per heavy atom. The first-order valence-electron chi connectivity index (χ1n) is 8.08. The smallest absolute Gasteiger partial charge is 0.240 e. The van der Waals surface area contributed by atoms with Gasteiger partial charge in [0.2, 0.25) is 5.89 Å². The first kappa shape index (κ1) is 15.9. The summed E-state index contributed by atoms with van der Waals surface area (Å²) in [6.07, 6.45) is 4.02. The molecular weight excluding hydrogens is 284 g/mol. The molecule has 0 radical (unpaired) electrons. The Balaban J connectivity index is 1.60. The molecule has 3 heterocycles. The quantitative estimate of drug-likeness (QED) is 0.741. The van der Waals surface area contributed by atoms with Crippen LogP contribution in [0, 0.1) is 0 Å². The summed E-state index contributed by atoms with van der Waals surface area (Å²) >= 11 is 0. The molecule has 0 N–H and O–H groups in total. The average Bonchev–Trinajstić information content (AvgIpc) is 3.23. The van der Waals surface area contributed by atoms with Crippen molar-refractivity contribution in [2.24, 2.45) is 0 Å². The van der Waals surface area contributed by atoms with Gasteiger partial charge in [0.05, 0.1) is 12.6 Å². The van der Waals surface area contributed by atoms with Gasteiger partial charge in [0.25, 0.3) is 0 Å². The van der Waals surface area contributed by atoms with Gasteiger partial charge < -0.3 is 18.9 Å². The van der Waals surface area contributed by atoms with Crippen molar-refractivity contribution in [2.45, 2.75) is 44.6 Å². The van der Waals surface area contributed by atoms with E-state index in [1.165, 1.54) is 25.9 Å². The molecule has 0 aliphatic carbocycles. The second kappa shape index (κ2) is 7.50. The second-order valence-corrected chi connectivity index (χ2v) is 6.22. The first-order valence-corrected chi connectivity index (χ1v) is 8.08. The van der Waals surface area contributed by atoms with E-state index in [1.807, 2.05) is 0 Å². The Kier molecular flexibility index (Phi) is 5.41. The first-order chi connectivity index (χ1) is 10.8. The summed E-state index contributed by atoms with van der Waals surface area (Å²) in [5, 5.41) is 3.94. The predicted octanol–water partition coefficient (Wildman–Crippen LogP) is 0.901. The van der Waals surface area contributed by atoms with Crippen LogP contribution in [0.4, 0.5) is 0 Å². The van der Waals surface area contributed by atoms with Crippen molar-refractivity contribution in [1.82, 2.24) is 19.9 Å². The molecule has 7 heteroatoms. The number of hydrogen-bond acceptors (Lipinski definition) is 7. The van der Waals surface area contributed by atoms with E-state index < -0.39 is 0 Å². The number of nitrogens with zero attached hydrogens (tertiary/aromatic N) is 4. The second-order valence-electron chi connectivity index (χ2n) is 6.22. The molecule has 22 heavy (non-hydrogen) atoms. The van der Waals surface area contributed by atoms with E-state index in [0.29, 0.717) is 37.0 Å². The molecular formula is C15H26N4O3. The lowest BCUT2D eigenvalue weighted by atomic mass is 10.2. The number of methoxy groups -OCH3 is 2. The molecule has 3 rings (SSSR count). The van der Waals surface area contributed by atoms with Gasteiger partial charge in [0.15, 0.2) is 5.82 Å². The van der Waals surface area contributed by atoms with Crippen LogP contribution in [-0.2, 0) is 22.6 Å². The van der Waals surface area contributed by atoms with Gasteiger partial charge in [0, 0.05) is 33.4 Å². The molecule has 1 aromatic heterocycles. The molecule has 1 aromatic rings. The van der Waals surface area contributed by atoms with Crippen LogP contribution in [-0.4, -0.2) is 72.5 Å². The minimum absolute atomic E-state index is 0.300. The number of hydrogen-bond donors (Lipinski definition) is 0. The Morgan fingerprint density at radius 2 is 2.09 bits per heavy atom. The SMILES string of the molecule is COCc1noc(CN2C[C@@H](OC)C[C@H]2CN2CCCC2)n1. The fraction of sp³-hybridized carbons (Fsp3) is 0.867. The molecule has 124 valence electrons. The number of likely N-dealkylation sites (tertiary alicyclic amines) is 2. The zero-order valence-corrected chi connectivity index (χ0v) is 13.5. The number of rotatable bonds is 7. The fourth-order valence-corrected chi connectivity index (χ4v) is 3.47. The van der Waals surface area contributed by atoms with Crippen LogP contribution >= 0.6 is 0 Å². The van der Waals surface area contributed by atoms with E-state index in [0.717, 1.165) is 19.5 Å². The molecule has 2 atom stereocenters. The van der Waals surface area contributed by atoms with E-state index in [9.17, 15) is 0 Å². The van der Waals surface area contributed by atoms with E-state index >= 15 is 0 Å². The molecule has 0 amide bonds. The van der Waals surface area contributed by atoms with Gasteiger partial charge in [-0.25, -0.2) is 0 Å². The lowest BCUT2D eigenvalue weighted by Crippen LogP contribution is -2.39. The van der Waals surface area contributed by atoms with Crippen LogP contribution in [0.2, 0.25) is 0 Å². The van der Waals surface area contributed by atoms with Crippen molar-refractivity contribution < 1.29 is 14.0 Å². The maximum absolute atomic E-state index is 5.57. The van der Waals surface area contributed by atoms with Gasteiger partial charge in [-0.15, -0.1) is 0 Å². The van der Waals surface area contributed by atoms with E-state index in [-0.39, 0.29) is 0 Å². The van der Waals surface area contributed by atoms with Crippen LogP contribution in [0.3, 0.4) is 0 Å². The summed E-state index contributed by atoms with van der Waals surface area (Å²) in [6.45, 7) is 5.56. The average molecular weight is 310 g/mol. The monoisotopic (exact) mass is 310 g/mol. The highest BCUT2D eigenvalue weighted by Gasteiger charge is 2.34. The summed E-state index contributed by atoms with van der Waals surface area (Å²) in [6, 6.07) is 0.501.